The van der Waals surface area contributed by atoms with Gasteiger partial charge < -0.3 is 10.0 Å². The molecule has 0 radical (unpaired) electrons. The van der Waals surface area contributed by atoms with Gasteiger partial charge in [0.05, 0.1) is 0 Å². The second-order valence-corrected chi connectivity index (χ2v) is 12.8. The van der Waals surface area contributed by atoms with Gasteiger partial charge in [0, 0.05) is 42.9 Å². The Bertz CT molecular complexity index is 1160. The molecule has 4 nitrogen and oxygen atoms in total. The molecule has 1 amide bonds. The van der Waals surface area contributed by atoms with Crippen LogP contribution in [-0.4, -0.2) is 53.0 Å². The molecular formula is C32H40N2O2. The van der Waals surface area contributed by atoms with Crippen molar-refractivity contribution in [1.29, 1.82) is 0 Å². The SMILES string of the molecule is CN(C(=O)CCc1ccccc1)[C@@H]1C[C@@]23CCN(CC4CC4)[C@H]4CC[C@@H]1C[C@]42Cc1ccc(O)cc13. The van der Waals surface area contributed by atoms with E-state index in [0.717, 1.165) is 25.2 Å². The number of rotatable bonds is 6. The molecular weight excluding hydrogens is 444 g/mol. The number of phenols is 1. The molecule has 1 aliphatic heterocycles. The first-order valence-electron chi connectivity index (χ1n) is 14.4. The van der Waals surface area contributed by atoms with Crippen LogP contribution in [0.5, 0.6) is 5.75 Å². The zero-order valence-corrected chi connectivity index (χ0v) is 21.7. The molecule has 1 saturated heterocycles. The van der Waals surface area contributed by atoms with Crippen LogP contribution in [-0.2, 0) is 23.1 Å². The van der Waals surface area contributed by atoms with Crippen molar-refractivity contribution in [3.8, 4) is 5.75 Å². The summed E-state index contributed by atoms with van der Waals surface area (Å²) < 4.78 is 0. The number of aromatic hydroxyl groups is 1. The fraction of sp³-hybridized carbons (Fsp3) is 0.594. The fourth-order valence-corrected chi connectivity index (χ4v) is 9.23. The average Bonchev–Trinajstić information content (AvgIpc) is 3.67. The van der Waals surface area contributed by atoms with Crippen molar-refractivity contribution in [3.63, 3.8) is 0 Å². The number of aryl methyl sites for hydroxylation is 1. The van der Waals surface area contributed by atoms with Crippen LogP contribution in [0.15, 0.2) is 48.5 Å². The van der Waals surface area contributed by atoms with E-state index in [-0.39, 0.29) is 16.7 Å². The van der Waals surface area contributed by atoms with Crippen molar-refractivity contribution in [2.45, 2.75) is 81.7 Å². The van der Waals surface area contributed by atoms with E-state index in [4.69, 9.17) is 0 Å². The Morgan fingerprint density at radius 2 is 1.92 bits per heavy atom. The summed E-state index contributed by atoms with van der Waals surface area (Å²) in [6.45, 7) is 2.46. The van der Waals surface area contributed by atoms with E-state index in [9.17, 15) is 9.90 Å². The van der Waals surface area contributed by atoms with Crippen molar-refractivity contribution in [2.75, 3.05) is 20.1 Å². The second kappa shape index (κ2) is 8.34. The summed E-state index contributed by atoms with van der Waals surface area (Å²) in [5, 5.41) is 10.5. The van der Waals surface area contributed by atoms with E-state index in [0.29, 0.717) is 30.2 Å². The summed E-state index contributed by atoms with van der Waals surface area (Å²) in [5.74, 6) is 2.20. The number of nitrogens with zero attached hydrogens (tertiary/aromatic N) is 2. The number of hydrogen-bond acceptors (Lipinski definition) is 3. The molecule has 2 aromatic carbocycles. The number of amides is 1. The Hall–Kier alpha value is -2.33. The third kappa shape index (κ3) is 3.40. The lowest BCUT2D eigenvalue weighted by atomic mass is 9.44. The molecule has 1 spiro atoms. The number of likely N-dealkylation sites (tertiary alicyclic amines) is 1. The first-order chi connectivity index (χ1) is 17.5. The van der Waals surface area contributed by atoms with Crippen molar-refractivity contribution >= 4 is 5.91 Å². The van der Waals surface area contributed by atoms with Gasteiger partial charge in [-0.2, -0.15) is 0 Å². The van der Waals surface area contributed by atoms with Crippen molar-refractivity contribution in [3.05, 3.63) is 65.2 Å². The zero-order chi connectivity index (χ0) is 24.5. The molecule has 1 heterocycles. The molecule has 0 unspecified atom stereocenters. The van der Waals surface area contributed by atoms with Gasteiger partial charge in [-0.3, -0.25) is 9.69 Å². The molecule has 4 aliphatic carbocycles. The van der Waals surface area contributed by atoms with Gasteiger partial charge in [0.2, 0.25) is 5.91 Å². The fourth-order valence-electron chi connectivity index (χ4n) is 9.23. The van der Waals surface area contributed by atoms with Crippen LogP contribution in [0.2, 0.25) is 0 Å². The summed E-state index contributed by atoms with van der Waals surface area (Å²) in [7, 11) is 2.08. The van der Waals surface area contributed by atoms with Crippen LogP contribution in [0.25, 0.3) is 0 Å². The average molecular weight is 485 g/mol. The lowest BCUT2D eigenvalue weighted by Gasteiger charge is -2.67. The van der Waals surface area contributed by atoms with Gasteiger partial charge in [0.25, 0.3) is 0 Å². The first-order valence-corrected chi connectivity index (χ1v) is 14.4. The monoisotopic (exact) mass is 484 g/mol. The molecule has 4 heteroatoms. The van der Waals surface area contributed by atoms with E-state index in [1.165, 1.54) is 68.3 Å². The van der Waals surface area contributed by atoms with Gasteiger partial charge in [0.1, 0.15) is 5.75 Å². The van der Waals surface area contributed by atoms with E-state index in [1.54, 1.807) is 0 Å². The maximum atomic E-state index is 13.5. The van der Waals surface area contributed by atoms with Crippen LogP contribution in [0, 0.1) is 17.3 Å². The van der Waals surface area contributed by atoms with Gasteiger partial charge in [-0.05, 0) is 105 Å². The first kappa shape index (κ1) is 22.8. The maximum Gasteiger partial charge on any atom is 0.222 e. The Balaban J connectivity index is 1.20. The van der Waals surface area contributed by atoms with Crippen LogP contribution in [0.3, 0.4) is 0 Å². The van der Waals surface area contributed by atoms with Crippen LogP contribution < -0.4 is 0 Å². The summed E-state index contributed by atoms with van der Waals surface area (Å²) >= 11 is 0. The number of fused-ring (bicyclic) bond motifs is 2. The summed E-state index contributed by atoms with van der Waals surface area (Å²) in [6.07, 6.45) is 11.3. The largest absolute Gasteiger partial charge is 0.508 e. The summed E-state index contributed by atoms with van der Waals surface area (Å²) in [4.78, 5) is 18.5. The van der Waals surface area contributed by atoms with E-state index >= 15 is 0 Å². The minimum absolute atomic E-state index is 0.0847. The number of carbonyl (C=O) groups is 1. The van der Waals surface area contributed by atoms with Crippen LogP contribution in [0.1, 0.15) is 68.1 Å². The van der Waals surface area contributed by atoms with Crippen LogP contribution >= 0.6 is 0 Å². The van der Waals surface area contributed by atoms with E-state index < -0.39 is 0 Å². The highest BCUT2D eigenvalue weighted by Crippen LogP contribution is 2.70. The van der Waals surface area contributed by atoms with E-state index in [2.05, 4.69) is 53.2 Å². The number of benzene rings is 2. The lowest BCUT2D eigenvalue weighted by Crippen LogP contribution is -2.70. The Morgan fingerprint density at radius 1 is 1.08 bits per heavy atom. The maximum absolute atomic E-state index is 13.5. The van der Waals surface area contributed by atoms with Crippen molar-refractivity contribution in [2.24, 2.45) is 17.3 Å². The number of phenolic OH excluding ortho intramolecular Hbond substituents is 1. The number of piperidine rings is 1. The summed E-state index contributed by atoms with van der Waals surface area (Å²) in [5.41, 5.74) is 4.47. The van der Waals surface area contributed by atoms with Gasteiger partial charge in [-0.25, -0.2) is 0 Å². The molecule has 190 valence electrons. The molecule has 2 aromatic rings. The normalized spacial score (nSPS) is 34.6. The molecule has 3 saturated carbocycles. The Morgan fingerprint density at radius 3 is 2.72 bits per heavy atom. The Labute approximate surface area is 215 Å². The van der Waals surface area contributed by atoms with Crippen molar-refractivity contribution in [1.82, 2.24) is 9.80 Å². The highest BCUT2D eigenvalue weighted by molar-refractivity contribution is 5.76. The molecule has 2 bridgehead atoms. The smallest absolute Gasteiger partial charge is 0.222 e. The molecule has 7 rings (SSSR count). The van der Waals surface area contributed by atoms with Crippen LogP contribution in [0.4, 0.5) is 0 Å². The quantitative estimate of drug-likeness (QED) is 0.604. The molecule has 0 aromatic heterocycles. The standard InChI is InChI=1S/C32H40N2O2/c1-33(30(36)14-9-22-5-3-2-4-6-22)28-20-31-15-16-34(21-23-7-8-23)29-13-11-25(28)19-32(29,31)18-24-10-12-26(35)17-27(24)31/h2-6,10,12,17,23,25,28-29,35H,7-9,11,13-16,18-21H2,1H3/t25-,28-,29+,31-,32-/m1/s1. The molecule has 4 fully saturated rings. The third-order valence-corrected chi connectivity index (χ3v) is 11.1. The second-order valence-electron chi connectivity index (χ2n) is 12.8. The van der Waals surface area contributed by atoms with Gasteiger partial charge in [0.15, 0.2) is 0 Å². The predicted molar refractivity (Wildman–Crippen MR) is 142 cm³/mol. The van der Waals surface area contributed by atoms with E-state index in [1.807, 2.05) is 12.1 Å². The minimum Gasteiger partial charge on any atom is -0.508 e. The third-order valence-electron chi connectivity index (χ3n) is 11.1. The topological polar surface area (TPSA) is 43.8 Å². The molecule has 36 heavy (non-hydrogen) atoms. The predicted octanol–water partition coefficient (Wildman–Crippen LogP) is 5.32. The number of hydrogen-bond donors (Lipinski definition) is 1. The van der Waals surface area contributed by atoms with Gasteiger partial charge in [-0.1, -0.05) is 36.4 Å². The van der Waals surface area contributed by atoms with Crippen molar-refractivity contribution < 1.29 is 9.90 Å². The summed E-state index contributed by atoms with van der Waals surface area (Å²) in [6, 6.07) is 17.6. The zero-order valence-electron chi connectivity index (χ0n) is 21.7. The highest BCUT2D eigenvalue weighted by atomic mass is 16.3. The van der Waals surface area contributed by atoms with Gasteiger partial charge >= 0.3 is 0 Å². The lowest BCUT2D eigenvalue weighted by molar-refractivity contribution is -0.154. The molecule has 5 aliphatic rings. The molecule has 5 atom stereocenters. The minimum atomic E-state index is 0.0847. The Kier molecular flexibility index (Phi) is 5.29. The molecule has 1 N–H and O–H groups in total. The highest BCUT2D eigenvalue weighted by Gasteiger charge is 2.69. The number of carbonyl (C=O) groups excluding carboxylic acids is 1. The van der Waals surface area contributed by atoms with Gasteiger partial charge in [-0.15, -0.1) is 0 Å².